The van der Waals surface area contributed by atoms with Crippen LogP contribution in [0.1, 0.15) is 56.9 Å². The second-order valence-electron chi connectivity index (χ2n) is 7.85. The van der Waals surface area contributed by atoms with Gasteiger partial charge in [0.15, 0.2) is 0 Å². The van der Waals surface area contributed by atoms with Crippen LogP contribution >= 0.6 is 0 Å². The first-order chi connectivity index (χ1) is 14.5. The maximum atomic E-state index is 13.1. The molecule has 0 saturated heterocycles. The quantitative estimate of drug-likeness (QED) is 0.575. The molecule has 7 heteroatoms. The van der Waals surface area contributed by atoms with Gasteiger partial charge in [-0.2, -0.15) is 0 Å². The number of hydrogen-bond donors (Lipinski definition) is 1. The summed E-state index contributed by atoms with van der Waals surface area (Å²) in [5.41, 5.74) is 1.47. The Kier molecular flexibility index (Phi) is 7.99. The molecule has 6 nitrogen and oxygen atoms in total. The summed E-state index contributed by atoms with van der Waals surface area (Å²) in [7, 11) is 0. The molecule has 1 heterocycles. The lowest BCUT2D eigenvalue weighted by atomic mass is 9.94. The van der Waals surface area contributed by atoms with Crippen molar-refractivity contribution in [1.29, 1.82) is 0 Å². The molecule has 1 fully saturated rings. The number of benzene rings is 1. The fraction of sp³-hybridized carbons (Fsp3) is 0.565. The van der Waals surface area contributed by atoms with Crippen molar-refractivity contribution in [3.8, 4) is 11.5 Å². The minimum Gasteiger partial charge on any atom is -0.481 e. The van der Waals surface area contributed by atoms with Crippen molar-refractivity contribution >= 4 is 5.97 Å². The fourth-order valence-corrected chi connectivity index (χ4v) is 3.76. The van der Waals surface area contributed by atoms with Crippen LogP contribution in [0.5, 0.6) is 0 Å². The lowest BCUT2D eigenvalue weighted by Gasteiger charge is -2.29. The van der Waals surface area contributed by atoms with Crippen LogP contribution in [0.15, 0.2) is 28.7 Å². The van der Waals surface area contributed by atoms with Crippen LogP contribution in [0.25, 0.3) is 11.5 Å². The van der Waals surface area contributed by atoms with E-state index in [0.29, 0.717) is 37.7 Å². The van der Waals surface area contributed by atoms with Crippen LogP contribution in [-0.2, 0) is 20.9 Å². The van der Waals surface area contributed by atoms with Crippen molar-refractivity contribution < 1.29 is 28.2 Å². The van der Waals surface area contributed by atoms with E-state index in [-0.39, 0.29) is 23.9 Å². The summed E-state index contributed by atoms with van der Waals surface area (Å²) in [5, 5.41) is 9.13. The molecule has 0 spiro atoms. The Bertz CT molecular complexity index is 820. The highest BCUT2D eigenvalue weighted by Crippen LogP contribution is 2.27. The Hall–Kier alpha value is -2.25. The summed E-state index contributed by atoms with van der Waals surface area (Å²) < 4.78 is 30.8. The zero-order valence-electron chi connectivity index (χ0n) is 17.6. The highest BCUT2D eigenvalue weighted by Gasteiger charge is 2.25. The number of halogens is 1. The van der Waals surface area contributed by atoms with E-state index in [1.54, 1.807) is 12.1 Å². The van der Waals surface area contributed by atoms with Gasteiger partial charge in [0.2, 0.25) is 5.89 Å². The number of rotatable bonds is 10. The van der Waals surface area contributed by atoms with Crippen molar-refractivity contribution in [2.45, 2.75) is 71.2 Å². The predicted octanol–water partition coefficient (Wildman–Crippen LogP) is 5.13. The van der Waals surface area contributed by atoms with Gasteiger partial charge in [0.1, 0.15) is 17.3 Å². The van der Waals surface area contributed by atoms with Crippen LogP contribution in [0.4, 0.5) is 4.39 Å². The van der Waals surface area contributed by atoms with Crippen molar-refractivity contribution in [2.75, 3.05) is 6.61 Å². The second-order valence-corrected chi connectivity index (χ2v) is 7.85. The number of aryl methyl sites for hydroxylation is 1. The van der Waals surface area contributed by atoms with E-state index in [2.05, 4.69) is 4.98 Å². The molecule has 1 aliphatic carbocycles. The molecule has 3 atom stereocenters. The maximum Gasteiger partial charge on any atom is 0.306 e. The first-order valence-corrected chi connectivity index (χ1v) is 10.6. The Labute approximate surface area is 176 Å². The first kappa shape index (κ1) is 22.4. The first-order valence-electron chi connectivity index (χ1n) is 10.6. The molecule has 3 rings (SSSR count). The molecule has 0 aliphatic heterocycles. The number of nitrogens with zero attached hydrogens (tertiary/aromatic N) is 1. The Morgan fingerprint density at radius 3 is 2.63 bits per heavy atom. The van der Waals surface area contributed by atoms with Gasteiger partial charge in [-0.05, 0) is 69.7 Å². The molecule has 1 aliphatic rings. The third kappa shape index (κ3) is 6.12. The van der Waals surface area contributed by atoms with Crippen LogP contribution in [0.3, 0.4) is 0 Å². The summed E-state index contributed by atoms with van der Waals surface area (Å²) in [6, 6.07) is 6.04. The summed E-state index contributed by atoms with van der Waals surface area (Å²) in [6.45, 7) is 4.55. The Morgan fingerprint density at radius 1 is 1.27 bits per heavy atom. The monoisotopic (exact) mass is 419 g/mol. The van der Waals surface area contributed by atoms with Crippen LogP contribution in [0.2, 0.25) is 0 Å². The molecule has 0 radical (unpaired) electrons. The van der Waals surface area contributed by atoms with E-state index in [1.807, 2.05) is 13.8 Å². The minimum absolute atomic E-state index is 0.0792. The summed E-state index contributed by atoms with van der Waals surface area (Å²) in [4.78, 5) is 15.6. The molecule has 2 unspecified atom stereocenters. The largest absolute Gasteiger partial charge is 0.481 e. The summed E-state index contributed by atoms with van der Waals surface area (Å²) >= 11 is 0. The van der Waals surface area contributed by atoms with E-state index < -0.39 is 5.97 Å². The van der Waals surface area contributed by atoms with Gasteiger partial charge in [0.25, 0.3) is 0 Å². The standard InChI is InChI=1S/C23H30FNO5/c1-3-16(23(26)27)11-12-28-19-5-4-6-20(13-19)29-14-21-15(2)30-22(25-21)17-7-9-18(24)10-8-17/h7-10,16,19-20H,3-6,11-14H2,1-2H3,(H,26,27)/t16?,19-,20?/m1/s1. The molecule has 1 aromatic carbocycles. The third-order valence-corrected chi connectivity index (χ3v) is 5.68. The van der Waals surface area contributed by atoms with Gasteiger partial charge in [0, 0.05) is 12.2 Å². The molecule has 164 valence electrons. The highest BCUT2D eigenvalue weighted by molar-refractivity contribution is 5.69. The highest BCUT2D eigenvalue weighted by atomic mass is 19.1. The lowest BCUT2D eigenvalue weighted by molar-refractivity contribution is -0.143. The number of carboxylic acids is 1. The van der Waals surface area contributed by atoms with Crippen LogP contribution < -0.4 is 0 Å². The second kappa shape index (κ2) is 10.7. The Morgan fingerprint density at radius 2 is 1.97 bits per heavy atom. The average Bonchev–Trinajstić information content (AvgIpc) is 3.11. The van der Waals surface area contributed by atoms with Crippen molar-refractivity contribution in [3.63, 3.8) is 0 Å². The molecule has 1 N–H and O–H groups in total. The number of oxazole rings is 1. The van der Waals surface area contributed by atoms with Crippen molar-refractivity contribution in [2.24, 2.45) is 5.92 Å². The molecule has 0 amide bonds. The van der Waals surface area contributed by atoms with Gasteiger partial charge in [-0.3, -0.25) is 4.79 Å². The zero-order chi connectivity index (χ0) is 21.5. The molecule has 30 heavy (non-hydrogen) atoms. The minimum atomic E-state index is -0.756. The summed E-state index contributed by atoms with van der Waals surface area (Å²) in [6.07, 6.45) is 5.09. The van der Waals surface area contributed by atoms with Gasteiger partial charge in [-0.25, -0.2) is 9.37 Å². The molecular weight excluding hydrogens is 389 g/mol. The normalized spacial score (nSPS) is 20.2. The van der Waals surface area contributed by atoms with Gasteiger partial charge < -0.3 is 19.0 Å². The number of carboxylic acid groups (broad SMARTS) is 1. The van der Waals surface area contributed by atoms with E-state index in [9.17, 15) is 9.18 Å². The summed E-state index contributed by atoms with van der Waals surface area (Å²) in [5.74, 6) is -0.245. The van der Waals surface area contributed by atoms with Gasteiger partial charge >= 0.3 is 5.97 Å². The fourth-order valence-electron chi connectivity index (χ4n) is 3.76. The third-order valence-electron chi connectivity index (χ3n) is 5.68. The lowest BCUT2D eigenvalue weighted by Crippen LogP contribution is -2.29. The average molecular weight is 419 g/mol. The smallest absolute Gasteiger partial charge is 0.306 e. The molecular formula is C23H30FNO5. The number of ether oxygens (including phenoxy) is 2. The number of carbonyl (C=O) groups is 1. The van der Waals surface area contributed by atoms with Gasteiger partial charge in [-0.1, -0.05) is 6.92 Å². The van der Waals surface area contributed by atoms with E-state index in [4.69, 9.17) is 19.0 Å². The molecule has 0 bridgehead atoms. The number of hydrogen-bond acceptors (Lipinski definition) is 5. The Balaban J connectivity index is 1.47. The van der Waals surface area contributed by atoms with Crippen molar-refractivity contribution in [1.82, 2.24) is 4.98 Å². The topological polar surface area (TPSA) is 81.8 Å². The zero-order valence-corrected chi connectivity index (χ0v) is 17.6. The van der Waals surface area contributed by atoms with Crippen LogP contribution in [0, 0.1) is 18.7 Å². The van der Waals surface area contributed by atoms with E-state index >= 15 is 0 Å². The number of aliphatic carboxylic acids is 1. The molecule has 1 aromatic heterocycles. The predicted molar refractivity (Wildman–Crippen MR) is 109 cm³/mol. The molecule has 1 saturated carbocycles. The number of aromatic nitrogens is 1. The van der Waals surface area contributed by atoms with E-state index in [1.165, 1.54) is 12.1 Å². The SMILES string of the molecule is CCC(CCO[C@@H]1CCCC(OCc2nc(-c3ccc(F)cc3)oc2C)C1)C(=O)O. The van der Waals surface area contributed by atoms with Crippen LogP contribution in [-0.4, -0.2) is 34.9 Å². The van der Waals surface area contributed by atoms with Gasteiger partial charge in [0.05, 0.1) is 24.7 Å². The van der Waals surface area contributed by atoms with Crippen molar-refractivity contribution in [3.05, 3.63) is 41.5 Å². The molecule has 2 aromatic rings. The van der Waals surface area contributed by atoms with E-state index in [0.717, 1.165) is 36.9 Å². The van der Waals surface area contributed by atoms with Gasteiger partial charge in [-0.15, -0.1) is 0 Å². The maximum absolute atomic E-state index is 13.1.